The van der Waals surface area contributed by atoms with Crippen molar-refractivity contribution < 1.29 is 27.4 Å². The highest BCUT2D eigenvalue weighted by molar-refractivity contribution is 9.10. The number of rotatable bonds is 4. The van der Waals surface area contributed by atoms with Crippen LogP contribution in [0.5, 0.6) is 5.75 Å². The topological polar surface area (TPSA) is 47.6 Å². The minimum atomic E-state index is -4.47. The number of alkyl halides is 3. The fraction of sp³-hybridized carbons (Fsp3) is 0.500. The fourth-order valence-electron chi connectivity index (χ4n) is 1.45. The number of halogens is 4. The van der Waals surface area contributed by atoms with Crippen LogP contribution in [0.15, 0.2) is 22.7 Å². The van der Waals surface area contributed by atoms with Crippen molar-refractivity contribution in [3.8, 4) is 5.75 Å². The number of nitrogens with one attached hydrogen (secondary N) is 1. The van der Waals surface area contributed by atoms with E-state index in [1.165, 1.54) is 12.1 Å². The van der Waals surface area contributed by atoms with Gasteiger partial charge in [-0.05, 0) is 39.0 Å². The second-order valence-corrected chi connectivity index (χ2v) is 6.27. The minimum Gasteiger partial charge on any atom is -0.492 e. The Morgan fingerprint density at radius 2 is 1.91 bits per heavy atom. The molecular formula is C14H17BrF3NO3. The Kier molecular flexibility index (Phi) is 6.10. The maximum Gasteiger partial charge on any atom is 0.417 e. The van der Waals surface area contributed by atoms with Gasteiger partial charge in [0.1, 0.15) is 18.0 Å². The third-order valence-electron chi connectivity index (χ3n) is 2.28. The molecule has 8 heteroatoms. The molecule has 22 heavy (non-hydrogen) atoms. The number of ether oxygens (including phenoxy) is 2. The average molecular weight is 384 g/mol. The van der Waals surface area contributed by atoms with E-state index in [-0.39, 0.29) is 23.4 Å². The maximum absolute atomic E-state index is 12.7. The summed E-state index contributed by atoms with van der Waals surface area (Å²) in [6.45, 7) is 5.32. The molecule has 4 nitrogen and oxygen atoms in total. The van der Waals surface area contributed by atoms with Crippen LogP contribution in [0.3, 0.4) is 0 Å². The molecule has 0 unspecified atom stereocenters. The van der Waals surface area contributed by atoms with Crippen LogP contribution >= 0.6 is 15.9 Å². The third-order valence-corrected chi connectivity index (χ3v) is 2.97. The molecule has 0 aliphatic rings. The number of alkyl carbamates (subject to hydrolysis) is 1. The standard InChI is InChI=1S/C14H17BrF3NO3/c1-13(2,3)22-12(20)19-6-7-21-9-4-5-11(15)10(8-9)14(16,17)18/h4-5,8H,6-7H2,1-3H3,(H,19,20). The second kappa shape index (κ2) is 7.21. The molecule has 0 heterocycles. The predicted molar refractivity (Wildman–Crippen MR) is 78.9 cm³/mol. The zero-order chi connectivity index (χ0) is 17.0. The van der Waals surface area contributed by atoms with Crippen molar-refractivity contribution in [3.63, 3.8) is 0 Å². The lowest BCUT2D eigenvalue weighted by molar-refractivity contribution is -0.138. The summed E-state index contributed by atoms with van der Waals surface area (Å²) in [6.07, 6.45) is -5.07. The van der Waals surface area contributed by atoms with Crippen molar-refractivity contribution in [2.45, 2.75) is 32.5 Å². The summed E-state index contributed by atoms with van der Waals surface area (Å²) in [5.41, 5.74) is -1.43. The van der Waals surface area contributed by atoms with E-state index in [0.29, 0.717) is 0 Å². The van der Waals surface area contributed by atoms with E-state index in [9.17, 15) is 18.0 Å². The molecule has 1 rings (SSSR count). The molecule has 1 aromatic carbocycles. The molecule has 124 valence electrons. The van der Waals surface area contributed by atoms with Crippen molar-refractivity contribution in [1.82, 2.24) is 5.32 Å². The molecule has 0 spiro atoms. The van der Waals surface area contributed by atoms with Gasteiger partial charge in [0, 0.05) is 4.47 Å². The molecule has 0 saturated heterocycles. The first kappa shape index (κ1) is 18.6. The predicted octanol–water partition coefficient (Wildman–Crippen LogP) is 4.37. The van der Waals surface area contributed by atoms with E-state index in [1.54, 1.807) is 20.8 Å². The van der Waals surface area contributed by atoms with Gasteiger partial charge < -0.3 is 14.8 Å². The number of benzene rings is 1. The van der Waals surface area contributed by atoms with E-state index in [2.05, 4.69) is 21.2 Å². The van der Waals surface area contributed by atoms with Gasteiger partial charge in [0.25, 0.3) is 0 Å². The zero-order valence-corrected chi connectivity index (χ0v) is 14.0. The van der Waals surface area contributed by atoms with Crippen LogP contribution in [0.25, 0.3) is 0 Å². The Bertz CT molecular complexity index is 527. The molecule has 0 radical (unpaired) electrons. The van der Waals surface area contributed by atoms with Crippen molar-refractivity contribution >= 4 is 22.0 Å². The maximum atomic E-state index is 12.7. The van der Waals surface area contributed by atoms with Gasteiger partial charge >= 0.3 is 12.3 Å². The average Bonchev–Trinajstić information content (AvgIpc) is 2.33. The Hall–Kier alpha value is -1.44. The normalized spacial score (nSPS) is 12.0. The number of carbonyl (C=O) groups excluding carboxylic acids is 1. The van der Waals surface area contributed by atoms with Crippen LogP contribution in [0.2, 0.25) is 0 Å². The molecule has 0 aliphatic carbocycles. The second-order valence-electron chi connectivity index (χ2n) is 5.42. The fourth-order valence-corrected chi connectivity index (χ4v) is 1.92. The van der Waals surface area contributed by atoms with Crippen LogP contribution in [-0.4, -0.2) is 24.8 Å². The largest absolute Gasteiger partial charge is 0.492 e. The number of hydrogen-bond donors (Lipinski definition) is 1. The Morgan fingerprint density at radius 1 is 1.27 bits per heavy atom. The summed E-state index contributed by atoms with van der Waals surface area (Å²) < 4.78 is 48.3. The summed E-state index contributed by atoms with van der Waals surface area (Å²) in [5.74, 6) is 0.0708. The number of carbonyl (C=O) groups is 1. The Morgan fingerprint density at radius 3 is 2.45 bits per heavy atom. The lowest BCUT2D eigenvalue weighted by Gasteiger charge is -2.19. The summed E-state index contributed by atoms with van der Waals surface area (Å²) in [5, 5.41) is 2.45. The van der Waals surface area contributed by atoms with Gasteiger partial charge in [-0.15, -0.1) is 0 Å². The van der Waals surface area contributed by atoms with Crippen LogP contribution < -0.4 is 10.1 Å². The van der Waals surface area contributed by atoms with Crippen molar-refractivity contribution in [1.29, 1.82) is 0 Å². The molecule has 1 N–H and O–H groups in total. The molecule has 0 saturated carbocycles. The van der Waals surface area contributed by atoms with Gasteiger partial charge in [0.15, 0.2) is 0 Å². The van der Waals surface area contributed by atoms with Crippen LogP contribution in [-0.2, 0) is 10.9 Å². The zero-order valence-electron chi connectivity index (χ0n) is 12.4. The van der Waals surface area contributed by atoms with Crippen molar-refractivity contribution in [2.24, 2.45) is 0 Å². The van der Waals surface area contributed by atoms with E-state index >= 15 is 0 Å². The number of hydrogen-bond acceptors (Lipinski definition) is 3. The highest BCUT2D eigenvalue weighted by atomic mass is 79.9. The van der Waals surface area contributed by atoms with Crippen molar-refractivity contribution in [3.05, 3.63) is 28.2 Å². The van der Waals surface area contributed by atoms with Gasteiger partial charge in [-0.2, -0.15) is 13.2 Å². The molecule has 0 aliphatic heterocycles. The molecule has 0 fully saturated rings. The molecule has 0 atom stereocenters. The van der Waals surface area contributed by atoms with Gasteiger partial charge in [-0.25, -0.2) is 4.79 Å². The van der Waals surface area contributed by atoms with Gasteiger partial charge in [0.2, 0.25) is 0 Å². The van der Waals surface area contributed by atoms with Crippen molar-refractivity contribution in [2.75, 3.05) is 13.2 Å². The van der Waals surface area contributed by atoms with Gasteiger partial charge in [-0.3, -0.25) is 0 Å². The van der Waals surface area contributed by atoms with E-state index in [1.807, 2.05) is 0 Å². The van der Waals surface area contributed by atoms with Crippen LogP contribution in [0, 0.1) is 0 Å². The van der Waals surface area contributed by atoms with E-state index in [0.717, 1.165) is 6.07 Å². The number of amides is 1. The highest BCUT2D eigenvalue weighted by Gasteiger charge is 2.33. The first-order valence-electron chi connectivity index (χ1n) is 6.45. The summed E-state index contributed by atoms with van der Waals surface area (Å²) in [4.78, 5) is 11.4. The molecule has 1 amide bonds. The molecule has 0 bridgehead atoms. The molecule has 0 aromatic heterocycles. The summed E-state index contributed by atoms with van der Waals surface area (Å²) in [7, 11) is 0. The van der Waals surface area contributed by atoms with Crippen LogP contribution in [0.4, 0.5) is 18.0 Å². The van der Waals surface area contributed by atoms with Crippen LogP contribution in [0.1, 0.15) is 26.3 Å². The quantitative estimate of drug-likeness (QED) is 0.785. The summed E-state index contributed by atoms with van der Waals surface area (Å²) in [6, 6.07) is 3.57. The monoisotopic (exact) mass is 383 g/mol. The highest BCUT2D eigenvalue weighted by Crippen LogP contribution is 2.36. The Balaban J connectivity index is 2.48. The smallest absolute Gasteiger partial charge is 0.417 e. The van der Waals surface area contributed by atoms with E-state index in [4.69, 9.17) is 9.47 Å². The van der Waals surface area contributed by atoms with Gasteiger partial charge in [-0.1, -0.05) is 15.9 Å². The Labute approximate surface area is 135 Å². The first-order valence-corrected chi connectivity index (χ1v) is 7.25. The summed E-state index contributed by atoms with van der Waals surface area (Å²) >= 11 is 2.85. The first-order chi connectivity index (χ1) is 9.99. The molecular weight excluding hydrogens is 367 g/mol. The molecule has 1 aromatic rings. The lowest BCUT2D eigenvalue weighted by atomic mass is 10.2. The minimum absolute atomic E-state index is 0.0260. The third kappa shape index (κ3) is 6.55. The van der Waals surface area contributed by atoms with Gasteiger partial charge in [0.05, 0.1) is 12.1 Å². The lowest BCUT2D eigenvalue weighted by Crippen LogP contribution is -2.34. The SMILES string of the molecule is CC(C)(C)OC(=O)NCCOc1ccc(Br)c(C(F)(F)F)c1. The van der Waals surface area contributed by atoms with E-state index < -0.39 is 23.4 Å².